The molecule has 140 valence electrons. The number of nitrogens with one attached hydrogen (secondary N) is 2. The lowest BCUT2D eigenvalue weighted by Gasteiger charge is -2.09. The van der Waals surface area contributed by atoms with Crippen molar-refractivity contribution in [3.63, 3.8) is 0 Å². The molecule has 8 heteroatoms. The van der Waals surface area contributed by atoms with Crippen LogP contribution < -0.4 is 10.9 Å². The zero-order valence-corrected chi connectivity index (χ0v) is 15.7. The number of hydrogen-bond donors (Lipinski definition) is 2. The van der Waals surface area contributed by atoms with Crippen LogP contribution in [-0.2, 0) is 33.6 Å². The summed E-state index contributed by atoms with van der Waals surface area (Å²) < 4.78 is 4.94. The average molecular weight is 377 g/mol. The van der Waals surface area contributed by atoms with E-state index in [9.17, 15) is 14.4 Å². The van der Waals surface area contributed by atoms with E-state index >= 15 is 0 Å². The van der Waals surface area contributed by atoms with E-state index in [0.717, 1.165) is 42.5 Å². The Morgan fingerprint density at radius 1 is 1.31 bits per heavy atom. The minimum atomic E-state index is -0.482. The van der Waals surface area contributed by atoms with Crippen molar-refractivity contribution in [2.75, 3.05) is 13.2 Å². The van der Waals surface area contributed by atoms with Gasteiger partial charge in [0.2, 0.25) is 0 Å². The van der Waals surface area contributed by atoms with Gasteiger partial charge >= 0.3 is 5.97 Å². The summed E-state index contributed by atoms with van der Waals surface area (Å²) in [4.78, 5) is 45.0. The predicted octanol–water partition coefficient (Wildman–Crippen LogP) is 1.87. The van der Waals surface area contributed by atoms with Gasteiger partial charge in [-0.1, -0.05) is 6.92 Å². The predicted molar refractivity (Wildman–Crippen MR) is 99.5 cm³/mol. The number of aromatic nitrogens is 2. The lowest BCUT2D eigenvalue weighted by atomic mass is 9.97. The maximum Gasteiger partial charge on any atom is 0.306 e. The topological polar surface area (TPSA) is 101 Å². The Morgan fingerprint density at radius 2 is 2.12 bits per heavy atom. The highest BCUT2D eigenvalue weighted by molar-refractivity contribution is 7.18. The lowest BCUT2D eigenvalue weighted by molar-refractivity contribution is -0.148. The first-order valence-electron chi connectivity index (χ1n) is 9.04. The highest BCUT2D eigenvalue weighted by Crippen LogP contribution is 2.33. The van der Waals surface area contributed by atoms with E-state index in [4.69, 9.17) is 4.74 Å². The van der Waals surface area contributed by atoms with Gasteiger partial charge in [-0.05, 0) is 37.7 Å². The minimum Gasteiger partial charge on any atom is -0.456 e. The first-order chi connectivity index (χ1) is 12.6. The van der Waals surface area contributed by atoms with E-state index in [0.29, 0.717) is 17.8 Å². The monoisotopic (exact) mass is 377 g/mol. The summed E-state index contributed by atoms with van der Waals surface area (Å²) in [6.07, 6.45) is 5.39. The van der Waals surface area contributed by atoms with Gasteiger partial charge < -0.3 is 15.0 Å². The Hall–Kier alpha value is -2.22. The van der Waals surface area contributed by atoms with Gasteiger partial charge in [-0.2, -0.15) is 0 Å². The first-order valence-corrected chi connectivity index (χ1v) is 9.86. The van der Waals surface area contributed by atoms with Crippen LogP contribution in [0.5, 0.6) is 0 Å². The maximum atomic E-state index is 12.4. The highest BCUT2D eigenvalue weighted by atomic mass is 32.1. The van der Waals surface area contributed by atoms with Crippen molar-refractivity contribution in [1.29, 1.82) is 0 Å². The van der Waals surface area contributed by atoms with Crippen LogP contribution in [0.4, 0.5) is 0 Å². The second-order valence-electron chi connectivity index (χ2n) is 6.41. The van der Waals surface area contributed by atoms with E-state index in [1.165, 1.54) is 4.88 Å². The van der Waals surface area contributed by atoms with Crippen LogP contribution in [-0.4, -0.2) is 35.0 Å². The fourth-order valence-corrected chi connectivity index (χ4v) is 4.36. The molecule has 3 rings (SSSR count). The normalized spacial score (nSPS) is 13.4. The fourth-order valence-electron chi connectivity index (χ4n) is 3.08. The van der Waals surface area contributed by atoms with E-state index in [1.54, 1.807) is 11.3 Å². The molecule has 2 N–H and O–H groups in total. The largest absolute Gasteiger partial charge is 0.456 e. The molecular formula is C18H23N3O4S. The lowest BCUT2D eigenvalue weighted by Crippen LogP contribution is -2.29. The molecule has 0 saturated carbocycles. The zero-order valence-electron chi connectivity index (χ0n) is 14.9. The number of amides is 1. The Kier molecular flexibility index (Phi) is 6.03. The molecule has 7 nitrogen and oxygen atoms in total. The van der Waals surface area contributed by atoms with Gasteiger partial charge in [0.05, 0.1) is 11.8 Å². The molecular weight excluding hydrogens is 354 g/mol. The molecule has 1 aliphatic carbocycles. The zero-order chi connectivity index (χ0) is 18.5. The molecule has 2 aromatic heterocycles. The summed E-state index contributed by atoms with van der Waals surface area (Å²) in [6.45, 7) is 2.23. The molecule has 0 saturated heterocycles. The SMILES string of the molecule is CCCNC(=O)COC(=O)CCc1nc2sc3c(c2c(=O)[nH]1)CCCC3. The molecule has 1 aliphatic rings. The summed E-state index contributed by atoms with van der Waals surface area (Å²) in [7, 11) is 0. The van der Waals surface area contributed by atoms with E-state index in [2.05, 4.69) is 15.3 Å². The third-order valence-electron chi connectivity index (χ3n) is 4.38. The summed E-state index contributed by atoms with van der Waals surface area (Å²) in [6, 6.07) is 0. The molecule has 0 atom stereocenters. The van der Waals surface area contributed by atoms with Crippen molar-refractivity contribution in [3.05, 3.63) is 26.6 Å². The van der Waals surface area contributed by atoms with Gasteiger partial charge in [-0.3, -0.25) is 14.4 Å². The molecule has 2 heterocycles. The molecule has 1 amide bonds. The molecule has 0 fully saturated rings. The number of ether oxygens (including phenoxy) is 1. The van der Waals surface area contributed by atoms with Crippen molar-refractivity contribution in [2.24, 2.45) is 0 Å². The van der Waals surface area contributed by atoms with Crippen molar-refractivity contribution in [1.82, 2.24) is 15.3 Å². The average Bonchev–Trinajstić information content (AvgIpc) is 3.01. The number of aryl methyl sites for hydroxylation is 3. The molecule has 0 radical (unpaired) electrons. The highest BCUT2D eigenvalue weighted by Gasteiger charge is 2.20. The number of hydrogen-bond acceptors (Lipinski definition) is 6. The van der Waals surface area contributed by atoms with E-state index in [-0.39, 0.29) is 30.9 Å². The second-order valence-corrected chi connectivity index (χ2v) is 7.50. The van der Waals surface area contributed by atoms with E-state index in [1.807, 2.05) is 6.92 Å². The number of carbonyl (C=O) groups is 2. The number of thiophene rings is 1. The van der Waals surface area contributed by atoms with Gasteiger partial charge in [0.15, 0.2) is 6.61 Å². The van der Waals surface area contributed by atoms with Crippen LogP contribution in [0.1, 0.15) is 48.9 Å². The molecule has 0 spiro atoms. The minimum absolute atomic E-state index is 0.0700. The molecule has 0 bridgehead atoms. The molecule has 0 aromatic carbocycles. The summed E-state index contributed by atoms with van der Waals surface area (Å²) in [5.74, 6) is -0.310. The summed E-state index contributed by atoms with van der Waals surface area (Å²) in [5.41, 5.74) is 1.02. The summed E-state index contributed by atoms with van der Waals surface area (Å²) >= 11 is 1.58. The van der Waals surface area contributed by atoms with Crippen LogP contribution in [0.15, 0.2) is 4.79 Å². The molecule has 26 heavy (non-hydrogen) atoms. The van der Waals surface area contributed by atoms with Crippen LogP contribution >= 0.6 is 11.3 Å². The number of esters is 1. The fraction of sp³-hybridized carbons (Fsp3) is 0.556. The number of rotatable bonds is 7. The van der Waals surface area contributed by atoms with Gasteiger partial charge in [-0.25, -0.2) is 4.98 Å². The van der Waals surface area contributed by atoms with E-state index < -0.39 is 5.97 Å². The second kappa shape index (κ2) is 8.44. The van der Waals surface area contributed by atoms with Crippen molar-refractivity contribution in [2.45, 2.75) is 51.9 Å². The van der Waals surface area contributed by atoms with Gasteiger partial charge in [0, 0.05) is 17.8 Å². The quantitative estimate of drug-likeness (QED) is 0.717. The Morgan fingerprint density at radius 3 is 2.92 bits per heavy atom. The van der Waals surface area contributed by atoms with Crippen molar-refractivity contribution < 1.29 is 14.3 Å². The van der Waals surface area contributed by atoms with Crippen LogP contribution in [0, 0.1) is 0 Å². The number of H-pyrrole nitrogens is 1. The molecule has 0 aliphatic heterocycles. The Balaban J connectivity index is 1.60. The van der Waals surface area contributed by atoms with Crippen molar-refractivity contribution in [3.8, 4) is 0 Å². The standard InChI is InChI=1S/C18H23N3O4S/c1-2-9-19-14(22)10-25-15(23)8-7-13-20-17(24)16-11-5-3-4-6-12(11)26-18(16)21-13/h2-10H2,1H3,(H,19,22)(H,20,21,24). The van der Waals surface area contributed by atoms with Crippen LogP contribution in [0.2, 0.25) is 0 Å². The Bertz CT molecular complexity index is 871. The van der Waals surface area contributed by atoms with Gasteiger partial charge in [0.1, 0.15) is 10.7 Å². The van der Waals surface area contributed by atoms with Gasteiger partial charge in [0.25, 0.3) is 11.5 Å². The molecule has 0 unspecified atom stereocenters. The third kappa shape index (κ3) is 4.30. The number of carbonyl (C=O) groups excluding carboxylic acids is 2. The maximum absolute atomic E-state index is 12.4. The summed E-state index contributed by atoms with van der Waals surface area (Å²) in [5, 5.41) is 3.35. The smallest absolute Gasteiger partial charge is 0.306 e. The third-order valence-corrected chi connectivity index (χ3v) is 5.56. The molecule has 2 aromatic rings. The number of aromatic amines is 1. The number of nitrogens with zero attached hydrogens (tertiary/aromatic N) is 1. The first kappa shape index (κ1) is 18.6. The number of fused-ring (bicyclic) bond motifs is 3. The van der Waals surface area contributed by atoms with Crippen molar-refractivity contribution >= 4 is 33.4 Å². The van der Waals surface area contributed by atoms with Crippen LogP contribution in [0.25, 0.3) is 10.2 Å². The Labute approximate surface area is 155 Å². The van der Waals surface area contributed by atoms with Crippen LogP contribution in [0.3, 0.4) is 0 Å². The van der Waals surface area contributed by atoms with Gasteiger partial charge in [-0.15, -0.1) is 11.3 Å².